The Balaban J connectivity index is 2.33. The number of ether oxygens (including phenoxy) is 1. The van der Waals surface area contributed by atoms with E-state index in [1.54, 1.807) is 0 Å². The molecule has 0 saturated heterocycles. The molecule has 1 aliphatic rings. The summed E-state index contributed by atoms with van der Waals surface area (Å²) in [4.78, 5) is 0. The fourth-order valence-electron chi connectivity index (χ4n) is 2.57. The summed E-state index contributed by atoms with van der Waals surface area (Å²) < 4.78 is 58.2. The van der Waals surface area contributed by atoms with Crippen molar-refractivity contribution in [2.24, 2.45) is 0 Å². The minimum absolute atomic E-state index is 0.277. The number of anilines is 1. The minimum atomic E-state index is -3.92. The average Bonchev–Trinajstić information content (AvgIpc) is 2.41. The zero-order valence-corrected chi connectivity index (χ0v) is 13.1. The van der Waals surface area contributed by atoms with Crippen molar-refractivity contribution in [3.05, 3.63) is 29.8 Å². The second-order valence-corrected chi connectivity index (χ2v) is 7.28. The van der Waals surface area contributed by atoms with Crippen LogP contribution in [0.15, 0.2) is 18.2 Å². The van der Waals surface area contributed by atoms with Crippen LogP contribution in [-0.4, -0.2) is 45.1 Å². The standard InChI is InChI=1S/C14H19F2NO4S/c1-21-14(5-2-6-14)10-22(19,20)17(7-8-18)13-4-3-11(15)9-12(13)16/h3-4,9,18H,2,5-8,10H2,1H3. The van der Waals surface area contributed by atoms with Gasteiger partial charge in [-0.3, -0.25) is 4.31 Å². The number of hydrogen-bond donors (Lipinski definition) is 1. The molecule has 0 atom stereocenters. The van der Waals surface area contributed by atoms with Crippen molar-refractivity contribution in [2.45, 2.75) is 24.9 Å². The first-order chi connectivity index (χ1) is 10.3. The number of aliphatic hydroxyl groups is 1. The van der Waals surface area contributed by atoms with Crippen LogP contribution < -0.4 is 4.31 Å². The monoisotopic (exact) mass is 335 g/mol. The van der Waals surface area contributed by atoms with Gasteiger partial charge in [-0.15, -0.1) is 0 Å². The molecule has 124 valence electrons. The van der Waals surface area contributed by atoms with Gasteiger partial charge < -0.3 is 9.84 Å². The van der Waals surface area contributed by atoms with E-state index in [1.165, 1.54) is 7.11 Å². The van der Waals surface area contributed by atoms with Crippen molar-refractivity contribution < 1.29 is 27.0 Å². The highest BCUT2D eigenvalue weighted by atomic mass is 32.2. The van der Waals surface area contributed by atoms with E-state index in [9.17, 15) is 17.2 Å². The average molecular weight is 335 g/mol. The molecule has 1 aromatic carbocycles. The molecule has 1 N–H and O–H groups in total. The molecule has 5 nitrogen and oxygen atoms in total. The van der Waals surface area contributed by atoms with Crippen LogP contribution in [0.1, 0.15) is 19.3 Å². The number of benzene rings is 1. The summed E-state index contributed by atoms with van der Waals surface area (Å²) in [5.74, 6) is -2.08. The van der Waals surface area contributed by atoms with E-state index in [1.807, 2.05) is 0 Å². The van der Waals surface area contributed by atoms with Crippen molar-refractivity contribution in [3.8, 4) is 0 Å². The van der Waals surface area contributed by atoms with Crippen LogP contribution in [0.4, 0.5) is 14.5 Å². The summed E-state index contributed by atoms with van der Waals surface area (Å²) in [5.41, 5.74) is -1.04. The van der Waals surface area contributed by atoms with Gasteiger partial charge in [0, 0.05) is 13.2 Å². The topological polar surface area (TPSA) is 66.8 Å². The maximum Gasteiger partial charge on any atom is 0.238 e. The van der Waals surface area contributed by atoms with Crippen LogP contribution in [0.5, 0.6) is 0 Å². The van der Waals surface area contributed by atoms with Gasteiger partial charge in [0.05, 0.1) is 30.2 Å². The second kappa shape index (κ2) is 6.47. The van der Waals surface area contributed by atoms with E-state index in [4.69, 9.17) is 9.84 Å². The van der Waals surface area contributed by atoms with Crippen molar-refractivity contribution in [1.82, 2.24) is 0 Å². The van der Waals surface area contributed by atoms with Crippen LogP contribution >= 0.6 is 0 Å². The third kappa shape index (κ3) is 3.39. The Morgan fingerprint density at radius 3 is 2.50 bits per heavy atom. The van der Waals surface area contributed by atoms with Gasteiger partial charge in [0.25, 0.3) is 0 Å². The first-order valence-electron chi connectivity index (χ1n) is 6.95. The number of nitrogens with zero attached hydrogens (tertiary/aromatic N) is 1. The Morgan fingerprint density at radius 1 is 1.36 bits per heavy atom. The lowest BCUT2D eigenvalue weighted by Crippen LogP contribution is -2.50. The third-order valence-corrected chi connectivity index (χ3v) is 5.90. The van der Waals surface area contributed by atoms with E-state index in [0.717, 1.165) is 22.9 Å². The molecular formula is C14H19F2NO4S. The highest BCUT2D eigenvalue weighted by molar-refractivity contribution is 7.92. The van der Waals surface area contributed by atoms with Gasteiger partial charge in [0.2, 0.25) is 10.0 Å². The van der Waals surface area contributed by atoms with Crippen LogP contribution in [-0.2, 0) is 14.8 Å². The van der Waals surface area contributed by atoms with Gasteiger partial charge in [-0.1, -0.05) is 0 Å². The van der Waals surface area contributed by atoms with Crippen molar-refractivity contribution in [2.75, 3.05) is 30.3 Å². The second-order valence-electron chi connectivity index (χ2n) is 5.39. The molecule has 1 aliphatic carbocycles. The fraction of sp³-hybridized carbons (Fsp3) is 0.571. The Kier molecular flexibility index (Phi) is 5.03. The van der Waals surface area contributed by atoms with E-state index < -0.39 is 33.9 Å². The summed E-state index contributed by atoms with van der Waals surface area (Å²) in [6.07, 6.45) is 2.09. The van der Waals surface area contributed by atoms with Crippen LogP contribution in [0.3, 0.4) is 0 Å². The van der Waals surface area contributed by atoms with E-state index in [0.29, 0.717) is 18.9 Å². The predicted octanol–water partition coefficient (Wildman–Crippen LogP) is 1.66. The largest absolute Gasteiger partial charge is 0.394 e. The maximum absolute atomic E-state index is 13.9. The zero-order valence-electron chi connectivity index (χ0n) is 12.3. The molecule has 8 heteroatoms. The molecule has 1 fully saturated rings. The van der Waals surface area contributed by atoms with E-state index in [-0.39, 0.29) is 18.0 Å². The smallest absolute Gasteiger partial charge is 0.238 e. The Bertz CT molecular complexity index is 626. The van der Waals surface area contributed by atoms with Crippen molar-refractivity contribution in [1.29, 1.82) is 0 Å². The van der Waals surface area contributed by atoms with Gasteiger partial charge in [-0.25, -0.2) is 17.2 Å². The van der Waals surface area contributed by atoms with Gasteiger partial charge in [-0.05, 0) is 31.4 Å². The molecule has 22 heavy (non-hydrogen) atoms. The zero-order chi connectivity index (χ0) is 16.4. The molecule has 0 radical (unpaired) electrons. The molecule has 0 amide bonds. The number of sulfonamides is 1. The lowest BCUT2D eigenvalue weighted by atomic mass is 9.82. The number of rotatable bonds is 7. The lowest BCUT2D eigenvalue weighted by Gasteiger charge is -2.41. The van der Waals surface area contributed by atoms with Gasteiger partial charge in [0.1, 0.15) is 11.6 Å². The number of methoxy groups -OCH3 is 1. The molecule has 1 saturated carbocycles. The predicted molar refractivity (Wildman–Crippen MR) is 78.2 cm³/mol. The lowest BCUT2D eigenvalue weighted by molar-refractivity contribution is -0.0525. The number of aliphatic hydroxyl groups excluding tert-OH is 1. The molecular weight excluding hydrogens is 316 g/mol. The van der Waals surface area contributed by atoms with Gasteiger partial charge in [0.15, 0.2) is 0 Å². The summed E-state index contributed by atoms with van der Waals surface area (Å²) >= 11 is 0. The normalized spacial score (nSPS) is 17.1. The number of halogens is 2. The summed E-state index contributed by atoms with van der Waals surface area (Å²) in [6.45, 7) is -0.777. The quantitative estimate of drug-likeness (QED) is 0.823. The molecule has 1 aromatic rings. The number of hydrogen-bond acceptors (Lipinski definition) is 4. The summed E-state index contributed by atoms with van der Waals surface area (Å²) in [5, 5.41) is 9.10. The molecule has 0 bridgehead atoms. The minimum Gasteiger partial charge on any atom is -0.394 e. The first kappa shape index (κ1) is 17.1. The Hall–Kier alpha value is -1.25. The summed E-state index contributed by atoms with van der Waals surface area (Å²) in [6, 6.07) is 2.65. The first-order valence-corrected chi connectivity index (χ1v) is 8.56. The molecule has 0 heterocycles. The van der Waals surface area contributed by atoms with Crippen LogP contribution in [0, 0.1) is 11.6 Å². The molecule has 2 rings (SSSR count). The Morgan fingerprint density at radius 2 is 2.05 bits per heavy atom. The highest BCUT2D eigenvalue weighted by Gasteiger charge is 2.43. The SMILES string of the molecule is COC1(CS(=O)(=O)N(CCO)c2ccc(F)cc2F)CCC1. The van der Waals surface area contributed by atoms with Gasteiger partial charge >= 0.3 is 0 Å². The molecule has 0 spiro atoms. The summed E-state index contributed by atoms with van der Waals surface area (Å²) in [7, 11) is -2.47. The van der Waals surface area contributed by atoms with Crippen LogP contribution in [0.25, 0.3) is 0 Å². The molecule has 0 aromatic heterocycles. The Labute approximate surface area is 128 Å². The third-order valence-electron chi connectivity index (χ3n) is 3.96. The fourth-order valence-corrected chi connectivity index (χ4v) is 4.61. The molecule has 0 unspecified atom stereocenters. The van der Waals surface area contributed by atoms with Crippen molar-refractivity contribution >= 4 is 15.7 Å². The van der Waals surface area contributed by atoms with Gasteiger partial charge in [-0.2, -0.15) is 0 Å². The highest BCUT2D eigenvalue weighted by Crippen LogP contribution is 2.37. The maximum atomic E-state index is 13.9. The molecule has 0 aliphatic heterocycles. The van der Waals surface area contributed by atoms with Crippen molar-refractivity contribution in [3.63, 3.8) is 0 Å². The van der Waals surface area contributed by atoms with E-state index in [2.05, 4.69) is 0 Å². The van der Waals surface area contributed by atoms with E-state index >= 15 is 0 Å². The van der Waals surface area contributed by atoms with Crippen LogP contribution in [0.2, 0.25) is 0 Å².